The van der Waals surface area contributed by atoms with Gasteiger partial charge in [0.05, 0.1) is 17.2 Å². The number of hydrogen-bond donors (Lipinski definition) is 2. The number of benzene rings is 1. The molecule has 0 spiro atoms. The number of aromatic nitrogens is 2. The number of carbonyl (C=O) groups excluding carboxylic acids is 2. The molecule has 172 valence electrons. The van der Waals surface area contributed by atoms with Gasteiger partial charge in [-0.1, -0.05) is 0 Å². The Bertz CT molecular complexity index is 1220. The van der Waals surface area contributed by atoms with Gasteiger partial charge in [0.15, 0.2) is 5.78 Å². The van der Waals surface area contributed by atoms with E-state index in [1.54, 1.807) is 34.9 Å². The molecule has 2 aromatic heterocycles. The molecule has 1 aliphatic rings. The van der Waals surface area contributed by atoms with Crippen molar-refractivity contribution in [2.24, 2.45) is 0 Å². The summed E-state index contributed by atoms with van der Waals surface area (Å²) < 4.78 is 15.2. The molecule has 0 aliphatic carbocycles. The number of pyridine rings is 2. The summed E-state index contributed by atoms with van der Waals surface area (Å²) >= 11 is 0. The molecule has 1 aliphatic heterocycles. The number of fused-ring (bicyclic) bond motifs is 1. The molecule has 0 bridgehead atoms. The average molecular weight is 452 g/mol. The van der Waals surface area contributed by atoms with Gasteiger partial charge in [0.25, 0.3) is 5.56 Å². The lowest BCUT2D eigenvalue weighted by molar-refractivity contribution is 0.101. The van der Waals surface area contributed by atoms with E-state index in [0.717, 1.165) is 32.1 Å². The second-order valence-corrected chi connectivity index (χ2v) is 8.23. The zero-order valence-electron chi connectivity index (χ0n) is 18.4. The summed E-state index contributed by atoms with van der Waals surface area (Å²) in [6.07, 6.45) is 2.72. The number of urea groups is 1. The summed E-state index contributed by atoms with van der Waals surface area (Å²) in [4.78, 5) is 42.2. The van der Waals surface area contributed by atoms with E-state index in [0.29, 0.717) is 35.4 Å². The van der Waals surface area contributed by atoms with Crippen molar-refractivity contribution < 1.29 is 14.0 Å². The van der Waals surface area contributed by atoms with Gasteiger partial charge in [-0.3, -0.25) is 14.6 Å². The number of nitrogens with one attached hydrogen (secondary N) is 2. The molecule has 2 amide bonds. The molecule has 1 fully saturated rings. The highest BCUT2D eigenvalue weighted by Gasteiger charge is 2.21. The fourth-order valence-corrected chi connectivity index (χ4v) is 4.06. The number of hydrogen-bond acceptors (Lipinski definition) is 5. The standard InChI is InChI=1S/C24H26FN5O3/c1-16(31)17-2-4-19(5-3-17)27-24(33)28-20-8-10-29(11-9-20)12-13-30-22-14-18(25)15-26-21(22)6-7-23(30)32/h2-7,14-15,20H,8-13H2,1H3,(H2,27,28,33). The quantitative estimate of drug-likeness (QED) is 0.562. The fraction of sp³-hybridized carbons (Fsp3) is 0.333. The number of carbonyl (C=O) groups is 2. The summed E-state index contributed by atoms with van der Waals surface area (Å²) in [7, 11) is 0. The first-order chi connectivity index (χ1) is 15.9. The molecule has 9 heteroatoms. The molecule has 33 heavy (non-hydrogen) atoms. The van der Waals surface area contributed by atoms with Crippen molar-refractivity contribution in [2.45, 2.75) is 32.4 Å². The average Bonchev–Trinajstić information content (AvgIpc) is 2.79. The molecule has 0 saturated carbocycles. The topological polar surface area (TPSA) is 96.3 Å². The molecule has 0 radical (unpaired) electrons. The second kappa shape index (κ2) is 9.91. The monoisotopic (exact) mass is 451 g/mol. The van der Waals surface area contributed by atoms with Crippen molar-refractivity contribution in [2.75, 3.05) is 25.0 Å². The van der Waals surface area contributed by atoms with Gasteiger partial charge < -0.3 is 20.1 Å². The van der Waals surface area contributed by atoms with Gasteiger partial charge >= 0.3 is 6.03 Å². The van der Waals surface area contributed by atoms with Crippen molar-refractivity contribution in [1.82, 2.24) is 19.8 Å². The first-order valence-electron chi connectivity index (χ1n) is 10.9. The summed E-state index contributed by atoms with van der Waals surface area (Å²) in [5.74, 6) is -0.492. The van der Waals surface area contributed by atoms with E-state index in [1.807, 2.05) is 0 Å². The summed E-state index contributed by atoms with van der Waals surface area (Å²) in [5.41, 5.74) is 2.12. The van der Waals surface area contributed by atoms with Gasteiger partial charge in [-0.2, -0.15) is 0 Å². The lowest BCUT2D eigenvalue weighted by Crippen LogP contribution is -2.46. The third-order valence-corrected chi connectivity index (χ3v) is 5.92. The van der Waals surface area contributed by atoms with Crippen molar-refractivity contribution in [3.8, 4) is 0 Å². The maximum absolute atomic E-state index is 13.6. The molecule has 1 saturated heterocycles. The Morgan fingerprint density at radius 1 is 1.09 bits per heavy atom. The lowest BCUT2D eigenvalue weighted by atomic mass is 10.1. The van der Waals surface area contributed by atoms with Crippen molar-refractivity contribution >= 4 is 28.5 Å². The third kappa shape index (κ3) is 5.61. The van der Waals surface area contributed by atoms with E-state index in [1.165, 1.54) is 19.1 Å². The van der Waals surface area contributed by atoms with Crippen LogP contribution in [-0.4, -0.2) is 51.9 Å². The molecule has 8 nitrogen and oxygen atoms in total. The fourth-order valence-electron chi connectivity index (χ4n) is 4.06. The smallest absolute Gasteiger partial charge is 0.319 e. The Kier molecular flexibility index (Phi) is 6.79. The van der Waals surface area contributed by atoms with Crippen molar-refractivity contribution in [3.63, 3.8) is 0 Å². The van der Waals surface area contributed by atoms with E-state index >= 15 is 0 Å². The minimum absolute atomic E-state index is 0.0214. The second-order valence-electron chi connectivity index (χ2n) is 8.23. The number of rotatable bonds is 6. The number of nitrogens with zero attached hydrogens (tertiary/aromatic N) is 3. The molecule has 3 heterocycles. The van der Waals surface area contributed by atoms with Crippen LogP contribution in [0.5, 0.6) is 0 Å². The van der Waals surface area contributed by atoms with Crippen LogP contribution in [0, 0.1) is 5.82 Å². The predicted molar refractivity (Wildman–Crippen MR) is 124 cm³/mol. The van der Waals surface area contributed by atoms with Crippen LogP contribution in [0.3, 0.4) is 0 Å². The van der Waals surface area contributed by atoms with E-state index in [9.17, 15) is 18.8 Å². The maximum atomic E-state index is 13.6. The number of Topliss-reactive ketones (excluding diaryl/α,β-unsaturated/α-hetero) is 1. The molecular weight excluding hydrogens is 425 g/mol. The SMILES string of the molecule is CC(=O)c1ccc(NC(=O)NC2CCN(CCn3c(=O)ccc4ncc(F)cc43)CC2)cc1. The van der Waals surface area contributed by atoms with Crippen molar-refractivity contribution in [3.05, 3.63) is 70.4 Å². The van der Waals surface area contributed by atoms with Crippen LogP contribution in [-0.2, 0) is 6.54 Å². The Morgan fingerprint density at radius 3 is 2.52 bits per heavy atom. The van der Waals surface area contributed by atoms with Crippen LogP contribution >= 0.6 is 0 Å². The van der Waals surface area contributed by atoms with Crippen LogP contribution < -0.4 is 16.2 Å². The number of anilines is 1. The number of amides is 2. The van der Waals surface area contributed by atoms with Crippen LogP contribution in [0.4, 0.5) is 14.9 Å². The van der Waals surface area contributed by atoms with Gasteiger partial charge in [0.2, 0.25) is 0 Å². The highest BCUT2D eigenvalue weighted by atomic mass is 19.1. The minimum atomic E-state index is -0.471. The number of piperidine rings is 1. The van der Waals surface area contributed by atoms with E-state index < -0.39 is 5.82 Å². The van der Waals surface area contributed by atoms with Crippen LogP contribution in [0.25, 0.3) is 11.0 Å². The Labute approximate surface area is 190 Å². The first-order valence-corrected chi connectivity index (χ1v) is 10.9. The summed E-state index contributed by atoms with van der Waals surface area (Å²) in [5, 5.41) is 5.78. The molecular formula is C24H26FN5O3. The number of likely N-dealkylation sites (tertiary alicyclic amines) is 1. The van der Waals surface area contributed by atoms with Gasteiger partial charge in [0, 0.05) is 55.6 Å². The maximum Gasteiger partial charge on any atom is 0.319 e. The molecule has 4 rings (SSSR count). The normalized spacial score (nSPS) is 14.8. The van der Waals surface area contributed by atoms with Gasteiger partial charge in [-0.25, -0.2) is 9.18 Å². The van der Waals surface area contributed by atoms with Crippen LogP contribution in [0.2, 0.25) is 0 Å². The summed E-state index contributed by atoms with van der Waals surface area (Å²) in [6, 6.07) is 10.9. The van der Waals surface area contributed by atoms with Gasteiger partial charge in [-0.15, -0.1) is 0 Å². The highest BCUT2D eigenvalue weighted by molar-refractivity contribution is 5.95. The lowest BCUT2D eigenvalue weighted by Gasteiger charge is -2.32. The Morgan fingerprint density at radius 2 is 1.82 bits per heavy atom. The van der Waals surface area contributed by atoms with E-state index in [-0.39, 0.29) is 23.4 Å². The number of halogens is 1. The van der Waals surface area contributed by atoms with E-state index in [4.69, 9.17) is 0 Å². The highest BCUT2D eigenvalue weighted by Crippen LogP contribution is 2.14. The third-order valence-electron chi connectivity index (χ3n) is 5.92. The molecule has 2 N–H and O–H groups in total. The molecule has 3 aromatic rings. The first kappa shape index (κ1) is 22.6. The molecule has 0 atom stereocenters. The molecule has 1 aromatic carbocycles. The summed E-state index contributed by atoms with van der Waals surface area (Å²) in [6.45, 7) is 4.15. The number of ketones is 1. The van der Waals surface area contributed by atoms with Crippen LogP contribution in [0.15, 0.2) is 53.5 Å². The molecule has 0 unspecified atom stereocenters. The van der Waals surface area contributed by atoms with E-state index in [2.05, 4.69) is 20.5 Å². The zero-order valence-corrected chi connectivity index (χ0v) is 18.4. The minimum Gasteiger partial charge on any atom is -0.335 e. The largest absolute Gasteiger partial charge is 0.335 e. The van der Waals surface area contributed by atoms with Gasteiger partial charge in [-0.05, 0) is 50.1 Å². The zero-order chi connectivity index (χ0) is 23.4. The van der Waals surface area contributed by atoms with Crippen molar-refractivity contribution in [1.29, 1.82) is 0 Å². The van der Waals surface area contributed by atoms with Gasteiger partial charge in [0.1, 0.15) is 5.82 Å². The predicted octanol–water partition coefficient (Wildman–Crippen LogP) is 3.02. The van der Waals surface area contributed by atoms with Crippen LogP contribution in [0.1, 0.15) is 30.1 Å². The Hall–Kier alpha value is -3.59. The Balaban J connectivity index is 1.26.